The highest BCUT2D eigenvalue weighted by atomic mass is 79.9. The zero-order chi connectivity index (χ0) is 12.3. The van der Waals surface area contributed by atoms with Crippen molar-refractivity contribution in [1.82, 2.24) is 4.98 Å². The lowest BCUT2D eigenvalue weighted by molar-refractivity contribution is 0.474. The van der Waals surface area contributed by atoms with Crippen LogP contribution in [0.15, 0.2) is 41.1 Å². The van der Waals surface area contributed by atoms with Crippen molar-refractivity contribution in [2.24, 2.45) is 0 Å². The average Bonchev–Trinajstić information content (AvgIpc) is 2.32. The van der Waals surface area contributed by atoms with Gasteiger partial charge in [0.25, 0.3) is 0 Å². The molecule has 0 spiro atoms. The predicted octanol–water partition coefficient (Wildman–Crippen LogP) is 3.82. The van der Waals surface area contributed by atoms with Gasteiger partial charge in [0.05, 0.1) is 11.8 Å². The standard InChI is InChI=1S/C13H9BrN2O/c1-9-3-2-4-10(6-15)13(9)17-12-5-11(14)7-16-8-12/h2-5,7-8H,1H3. The molecule has 0 N–H and O–H groups in total. The first kappa shape index (κ1) is 11.6. The molecule has 0 saturated heterocycles. The largest absolute Gasteiger partial charge is 0.454 e. The maximum atomic E-state index is 9.02. The molecule has 0 aliphatic carbocycles. The van der Waals surface area contributed by atoms with E-state index in [0.29, 0.717) is 17.1 Å². The fraction of sp³-hybridized carbons (Fsp3) is 0.0769. The van der Waals surface area contributed by atoms with Crippen LogP contribution in [-0.4, -0.2) is 4.98 Å². The number of ether oxygens (including phenoxy) is 1. The number of halogens is 1. The quantitative estimate of drug-likeness (QED) is 0.844. The van der Waals surface area contributed by atoms with E-state index >= 15 is 0 Å². The van der Waals surface area contributed by atoms with Gasteiger partial charge in [-0.05, 0) is 40.5 Å². The summed E-state index contributed by atoms with van der Waals surface area (Å²) in [5.41, 5.74) is 1.44. The minimum absolute atomic E-state index is 0.518. The monoisotopic (exact) mass is 288 g/mol. The lowest BCUT2D eigenvalue weighted by Gasteiger charge is -2.09. The van der Waals surface area contributed by atoms with Crippen molar-refractivity contribution in [3.63, 3.8) is 0 Å². The van der Waals surface area contributed by atoms with Crippen molar-refractivity contribution in [1.29, 1.82) is 5.26 Å². The summed E-state index contributed by atoms with van der Waals surface area (Å²) in [7, 11) is 0. The molecule has 2 rings (SSSR count). The van der Waals surface area contributed by atoms with Gasteiger partial charge in [-0.1, -0.05) is 12.1 Å². The van der Waals surface area contributed by atoms with Gasteiger partial charge in [0.15, 0.2) is 0 Å². The van der Waals surface area contributed by atoms with Crippen LogP contribution in [0.1, 0.15) is 11.1 Å². The van der Waals surface area contributed by atoms with Gasteiger partial charge in [0.1, 0.15) is 17.6 Å². The molecule has 1 aromatic heterocycles. The number of aryl methyl sites for hydroxylation is 1. The van der Waals surface area contributed by atoms with E-state index in [4.69, 9.17) is 10.00 Å². The Kier molecular flexibility index (Phi) is 3.40. The third-order valence-electron chi connectivity index (χ3n) is 2.23. The van der Waals surface area contributed by atoms with Gasteiger partial charge >= 0.3 is 0 Å². The number of pyridine rings is 1. The van der Waals surface area contributed by atoms with Crippen molar-refractivity contribution < 1.29 is 4.74 Å². The second-order valence-corrected chi connectivity index (χ2v) is 4.42. The first-order valence-electron chi connectivity index (χ1n) is 4.99. The Morgan fingerprint density at radius 2 is 2.18 bits per heavy atom. The first-order chi connectivity index (χ1) is 8.20. The maximum absolute atomic E-state index is 9.02. The molecule has 4 heteroatoms. The summed E-state index contributed by atoms with van der Waals surface area (Å²) in [5, 5.41) is 9.02. The Labute approximate surface area is 108 Å². The summed E-state index contributed by atoms with van der Waals surface area (Å²) in [6.07, 6.45) is 3.29. The van der Waals surface area contributed by atoms with Crippen LogP contribution in [0, 0.1) is 18.3 Å². The smallest absolute Gasteiger partial charge is 0.148 e. The predicted molar refractivity (Wildman–Crippen MR) is 67.9 cm³/mol. The molecule has 0 fully saturated rings. The van der Waals surface area contributed by atoms with Gasteiger partial charge in [-0.15, -0.1) is 0 Å². The summed E-state index contributed by atoms with van der Waals surface area (Å²) in [4.78, 5) is 4.01. The van der Waals surface area contributed by atoms with Crippen LogP contribution in [0.5, 0.6) is 11.5 Å². The fourth-order valence-corrected chi connectivity index (χ4v) is 1.79. The maximum Gasteiger partial charge on any atom is 0.148 e. The number of benzene rings is 1. The van der Waals surface area contributed by atoms with Crippen LogP contribution < -0.4 is 4.74 Å². The van der Waals surface area contributed by atoms with Crippen LogP contribution in [0.4, 0.5) is 0 Å². The number of hydrogen-bond acceptors (Lipinski definition) is 3. The Bertz CT molecular complexity index is 590. The summed E-state index contributed by atoms with van der Waals surface area (Å²) >= 11 is 3.32. The number of para-hydroxylation sites is 1. The highest BCUT2D eigenvalue weighted by Gasteiger charge is 2.08. The molecule has 1 heterocycles. The van der Waals surface area contributed by atoms with Crippen molar-refractivity contribution in [2.75, 3.05) is 0 Å². The molecule has 0 bridgehead atoms. The zero-order valence-electron chi connectivity index (χ0n) is 9.14. The highest BCUT2D eigenvalue weighted by Crippen LogP contribution is 2.29. The normalized spacial score (nSPS) is 9.71. The summed E-state index contributed by atoms with van der Waals surface area (Å²) in [6.45, 7) is 1.90. The van der Waals surface area contributed by atoms with E-state index in [2.05, 4.69) is 27.0 Å². The van der Waals surface area contributed by atoms with E-state index in [1.165, 1.54) is 0 Å². The molecule has 17 heavy (non-hydrogen) atoms. The van der Waals surface area contributed by atoms with E-state index in [9.17, 15) is 0 Å². The van der Waals surface area contributed by atoms with Gasteiger partial charge in [-0.2, -0.15) is 5.26 Å². The van der Waals surface area contributed by atoms with Gasteiger partial charge in [-0.3, -0.25) is 4.98 Å². The minimum Gasteiger partial charge on any atom is -0.454 e. The molecule has 0 amide bonds. The van der Waals surface area contributed by atoms with Crippen LogP contribution in [-0.2, 0) is 0 Å². The number of hydrogen-bond donors (Lipinski definition) is 0. The SMILES string of the molecule is Cc1cccc(C#N)c1Oc1cncc(Br)c1. The fourth-order valence-electron chi connectivity index (χ4n) is 1.44. The molecule has 0 radical (unpaired) electrons. The third kappa shape index (κ3) is 2.63. The van der Waals surface area contributed by atoms with Gasteiger partial charge in [-0.25, -0.2) is 0 Å². The van der Waals surface area contributed by atoms with Gasteiger partial charge in [0, 0.05) is 10.7 Å². The lowest BCUT2D eigenvalue weighted by Crippen LogP contribution is -1.92. The molecule has 0 aliphatic heterocycles. The molecule has 0 unspecified atom stereocenters. The zero-order valence-corrected chi connectivity index (χ0v) is 10.7. The molecule has 2 aromatic rings. The van der Waals surface area contributed by atoms with E-state index in [-0.39, 0.29) is 0 Å². The van der Waals surface area contributed by atoms with Crippen LogP contribution in [0.3, 0.4) is 0 Å². The number of aromatic nitrogens is 1. The molecule has 0 atom stereocenters. The topological polar surface area (TPSA) is 45.9 Å². The second-order valence-electron chi connectivity index (χ2n) is 3.50. The summed E-state index contributed by atoms with van der Waals surface area (Å²) < 4.78 is 6.53. The number of nitriles is 1. The molecule has 3 nitrogen and oxygen atoms in total. The first-order valence-corrected chi connectivity index (χ1v) is 5.78. The van der Waals surface area contributed by atoms with Crippen LogP contribution in [0.25, 0.3) is 0 Å². The number of nitrogens with zero attached hydrogens (tertiary/aromatic N) is 2. The van der Waals surface area contributed by atoms with Crippen LogP contribution >= 0.6 is 15.9 Å². The summed E-state index contributed by atoms with van der Waals surface area (Å²) in [5.74, 6) is 1.18. The summed E-state index contributed by atoms with van der Waals surface area (Å²) in [6, 6.07) is 9.39. The average molecular weight is 289 g/mol. The van der Waals surface area contributed by atoms with E-state index in [0.717, 1.165) is 10.0 Å². The molecule has 0 aliphatic rings. The second kappa shape index (κ2) is 4.98. The van der Waals surface area contributed by atoms with E-state index < -0.39 is 0 Å². The third-order valence-corrected chi connectivity index (χ3v) is 2.67. The Balaban J connectivity index is 2.40. The van der Waals surface area contributed by atoms with Crippen molar-refractivity contribution in [2.45, 2.75) is 6.92 Å². The Morgan fingerprint density at radius 3 is 2.88 bits per heavy atom. The molecular formula is C13H9BrN2O. The Morgan fingerprint density at radius 1 is 1.35 bits per heavy atom. The molecule has 0 saturated carbocycles. The van der Waals surface area contributed by atoms with Gasteiger partial charge < -0.3 is 4.74 Å². The van der Waals surface area contributed by atoms with E-state index in [1.54, 1.807) is 24.5 Å². The molecule has 84 valence electrons. The minimum atomic E-state index is 0.518. The number of rotatable bonds is 2. The van der Waals surface area contributed by atoms with Crippen LogP contribution in [0.2, 0.25) is 0 Å². The lowest BCUT2D eigenvalue weighted by atomic mass is 10.1. The van der Waals surface area contributed by atoms with Crippen molar-refractivity contribution >= 4 is 15.9 Å². The molecular weight excluding hydrogens is 280 g/mol. The Hall–Kier alpha value is -1.86. The van der Waals surface area contributed by atoms with Gasteiger partial charge in [0.2, 0.25) is 0 Å². The molecule has 1 aromatic carbocycles. The van der Waals surface area contributed by atoms with Crippen molar-refractivity contribution in [3.8, 4) is 17.6 Å². The van der Waals surface area contributed by atoms with E-state index in [1.807, 2.05) is 19.1 Å². The van der Waals surface area contributed by atoms with Crippen molar-refractivity contribution in [3.05, 3.63) is 52.3 Å². The highest BCUT2D eigenvalue weighted by molar-refractivity contribution is 9.10.